The molecule has 0 radical (unpaired) electrons. The second-order valence-electron chi connectivity index (χ2n) is 4.53. The molecule has 0 aromatic heterocycles. The minimum Gasteiger partial charge on any atom is -0.381 e. The van der Waals surface area contributed by atoms with E-state index in [2.05, 4.69) is 5.32 Å². The maximum atomic E-state index is 11.7. The summed E-state index contributed by atoms with van der Waals surface area (Å²) < 4.78 is 23.4. The van der Waals surface area contributed by atoms with Crippen LogP contribution < -0.4 is 5.32 Å². The zero-order chi connectivity index (χ0) is 15.5. The normalized spacial score (nSPS) is 11.4. The lowest BCUT2D eigenvalue weighted by Crippen LogP contribution is -2.04. The Morgan fingerprint density at radius 1 is 1.00 bits per heavy atom. The number of rotatable bonds is 5. The Morgan fingerprint density at radius 2 is 1.67 bits per heavy atom. The highest BCUT2D eigenvalue weighted by Crippen LogP contribution is 2.23. The Balaban J connectivity index is 2.05. The summed E-state index contributed by atoms with van der Waals surface area (Å²) in [7, 11) is -3.15. The van der Waals surface area contributed by atoms with E-state index >= 15 is 0 Å². The van der Waals surface area contributed by atoms with E-state index in [1.54, 1.807) is 43.3 Å². The minimum absolute atomic E-state index is 0.100. The molecule has 6 heteroatoms. The van der Waals surface area contributed by atoms with Crippen molar-refractivity contribution < 1.29 is 8.42 Å². The lowest BCUT2D eigenvalue weighted by Gasteiger charge is -2.08. The first kappa shape index (κ1) is 16.1. The predicted octanol–water partition coefficient (Wildman–Crippen LogP) is 4.40. The molecular weight excluding hydrogens is 329 g/mol. The van der Waals surface area contributed by atoms with Crippen molar-refractivity contribution >= 4 is 38.7 Å². The second kappa shape index (κ2) is 6.69. The van der Waals surface area contributed by atoms with E-state index in [-0.39, 0.29) is 5.75 Å². The monoisotopic (exact) mass is 343 g/mol. The van der Waals surface area contributed by atoms with Crippen molar-refractivity contribution in [1.29, 1.82) is 0 Å². The summed E-state index contributed by atoms with van der Waals surface area (Å²) in [5, 5.41) is 4.24. The average molecular weight is 344 g/mol. The van der Waals surface area contributed by atoms with Gasteiger partial charge in [0.25, 0.3) is 0 Å². The molecule has 0 fully saturated rings. The van der Waals surface area contributed by atoms with Crippen molar-refractivity contribution in [2.75, 3.05) is 11.1 Å². The second-order valence-corrected chi connectivity index (χ2v) is 7.62. The van der Waals surface area contributed by atoms with E-state index in [1.807, 2.05) is 6.07 Å². The summed E-state index contributed by atoms with van der Waals surface area (Å²) in [6.45, 7) is 2.21. The van der Waals surface area contributed by atoms with Crippen LogP contribution in [0, 0.1) is 0 Å². The predicted molar refractivity (Wildman–Crippen MR) is 88.0 cm³/mol. The molecule has 0 heterocycles. The summed E-state index contributed by atoms with van der Waals surface area (Å²) >= 11 is 11.8. The van der Waals surface area contributed by atoms with E-state index < -0.39 is 9.84 Å². The van der Waals surface area contributed by atoms with Crippen LogP contribution in [0.2, 0.25) is 10.0 Å². The Morgan fingerprint density at radius 3 is 2.24 bits per heavy atom. The highest BCUT2D eigenvalue weighted by molar-refractivity contribution is 7.91. The van der Waals surface area contributed by atoms with Crippen molar-refractivity contribution in [1.82, 2.24) is 0 Å². The maximum Gasteiger partial charge on any atom is 0.178 e. The van der Waals surface area contributed by atoms with Crippen molar-refractivity contribution in [3.05, 3.63) is 58.1 Å². The largest absolute Gasteiger partial charge is 0.381 e. The van der Waals surface area contributed by atoms with Crippen LogP contribution >= 0.6 is 23.2 Å². The van der Waals surface area contributed by atoms with Crippen LogP contribution in [0.4, 0.5) is 5.69 Å². The standard InChI is InChI=1S/C15H15Cl2NO2S/c1-2-21(19,20)13-6-4-12(5-7-13)18-10-11-3-8-14(16)15(17)9-11/h3-9,18H,2,10H2,1H3. The number of nitrogens with one attached hydrogen (secondary N) is 1. The highest BCUT2D eigenvalue weighted by Gasteiger charge is 2.10. The molecule has 1 N–H and O–H groups in total. The molecule has 0 amide bonds. The van der Waals surface area contributed by atoms with Gasteiger partial charge in [-0.2, -0.15) is 0 Å². The quantitative estimate of drug-likeness (QED) is 0.875. The molecule has 0 saturated heterocycles. The summed E-state index contributed by atoms with van der Waals surface area (Å²) in [6.07, 6.45) is 0. The third-order valence-corrected chi connectivity index (χ3v) is 5.56. The first-order valence-electron chi connectivity index (χ1n) is 6.43. The van der Waals surface area contributed by atoms with Crippen molar-refractivity contribution in [3.8, 4) is 0 Å². The number of halogens is 2. The van der Waals surface area contributed by atoms with Gasteiger partial charge in [0.05, 0.1) is 20.7 Å². The van der Waals surface area contributed by atoms with Crippen molar-refractivity contribution in [2.24, 2.45) is 0 Å². The lowest BCUT2D eigenvalue weighted by molar-refractivity contribution is 0.597. The van der Waals surface area contributed by atoms with Crippen LogP contribution in [0.15, 0.2) is 47.4 Å². The molecule has 2 aromatic carbocycles. The van der Waals surface area contributed by atoms with Gasteiger partial charge in [-0.3, -0.25) is 0 Å². The van der Waals surface area contributed by atoms with E-state index in [9.17, 15) is 8.42 Å². The fraction of sp³-hybridized carbons (Fsp3) is 0.200. The maximum absolute atomic E-state index is 11.7. The molecule has 2 aromatic rings. The number of anilines is 1. The molecule has 0 spiro atoms. The molecule has 0 aliphatic carbocycles. The van der Waals surface area contributed by atoms with Gasteiger partial charge in [0, 0.05) is 12.2 Å². The molecule has 0 aliphatic heterocycles. The zero-order valence-electron chi connectivity index (χ0n) is 11.4. The Labute approximate surface area is 134 Å². The molecule has 2 rings (SSSR count). The van der Waals surface area contributed by atoms with Crippen molar-refractivity contribution in [2.45, 2.75) is 18.4 Å². The number of hydrogen-bond donors (Lipinski definition) is 1. The van der Waals surface area contributed by atoms with Gasteiger partial charge in [-0.05, 0) is 42.0 Å². The number of hydrogen-bond acceptors (Lipinski definition) is 3. The van der Waals surface area contributed by atoms with Crippen LogP contribution in [-0.2, 0) is 16.4 Å². The molecule has 0 bridgehead atoms. The third-order valence-electron chi connectivity index (χ3n) is 3.07. The molecule has 0 saturated carbocycles. The molecule has 0 unspecified atom stereocenters. The van der Waals surface area contributed by atoms with Gasteiger partial charge in [-0.1, -0.05) is 36.2 Å². The van der Waals surface area contributed by atoms with E-state index in [0.717, 1.165) is 11.3 Å². The van der Waals surface area contributed by atoms with E-state index in [4.69, 9.17) is 23.2 Å². The molecule has 0 atom stereocenters. The Kier molecular flexibility index (Phi) is 5.14. The van der Waals surface area contributed by atoms with Gasteiger partial charge in [0.1, 0.15) is 0 Å². The van der Waals surface area contributed by atoms with Gasteiger partial charge in [-0.15, -0.1) is 0 Å². The Hall–Kier alpha value is -1.23. The highest BCUT2D eigenvalue weighted by atomic mass is 35.5. The molecule has 21 heavy (non-hydrogen) atoms. The van der Waals surface area contributed by atoms with Crippen LogP contribution in [-0.4, -0.2) is 14.2 Å². The van der Waals surface area contributed by atoms with Crippen LogP contribution in [0.1, 0.15) is 12.5 Å². The van der Waals surface area contributed by atoms with Gasteiger partial charge >= 0.3 is 0 Å². The zero-order valence-corrected chi connectivity index (χ0v) is 13.8. The van der Waals surface area contributed by atoms with E-state index in [0.29, 0.717) is 21.5 Å². The first-order chi connectivity index (χ1) is 9.92. The SMILES string of the molecule is CCS(=O)(=O)c1ccc(NCc2ccc(Cl)c(Cl)c2)cc1. The lowest BCUT2D eigenvalue weighted by atomic mass is 10.2. The van der Waals surface area contributed by atoms with Gasteiger partial charge in [0.2, 0.25) is 0 Å². The molecule has 3 nitrogen and oxygen atoms in total. The number of sulfone groups is 1. The van der Waals surface area contributed by atoms with Crippen LogP contribution in [0.25, 0.3) is 0 Å². The minimum atomic E-state index is -3.15. The summed E-state index contributed by atoms with van der Waals surface area (Å²) in [5.41, 5.74) is 1.84. The van der Waals surface area contributed by atoms with E-state index in [1.165, 1.54) is 0 Å². The fourth-order valence-electron chi connectivity index (χ4n) is 1.80. The van der Waals surface area contributed by atoms with Gasteiger partial charge in [0.15, 0.2) is 9.84 Å². The third kappa shape index (κ3) is 4.13. The summed E-state index contributed by atoms with van der Waals surface area (Å²) in [5.74, 6) is 0.100. The smallest absolute Gasteiger partial charge is 0.178 e. The summed E-state index contributed by atoms with van der Waals surface area (Å²) in [6, 6.07) is 12.1. The molecule has 0 aliphatic rings. The van der Waals surface area contributed by atoms with Crippen LogP contribution in [0.5, 0.6) is 0 Å². The molecule has 112 valence electrons. The van der Waals surface area contributed by atoms with Crippen molar-refractivity contribution in [3.63, 3.8) is 0 Å². The fourth-order valence-corrected chi connectivity index (χ4v) is 3.01. The van der Waals surface area contributed by atoms with Crippen LogP contribution in [0.3, 0.4) is 0 Å². The first-order valence-corrected chi connectivity index (χ1v) is 8.84. The number of benzene rings is 2. The Bertz CT molecular complexity index is 728. The summed E-state index contributed by atoms with van der Waals surface area (Å²) in [4.78, 5) is 0.338. The van der Waals surface area contributed by atoms with Gasteiger partial charge in [-0.25, -0.2) is 8.42 Å². The average Bonchev–Trinajstić information content (AvgIpc) is 2.49. The topological polar surface area (TPSA) is 46.2 Å². The molecular formula is C15H15Cl2NO2S. The van der Waals surface area contributed by atoms with Gasteiger partial charge < -0.3 is 5.32 Å².